The zero-order valence-electron chi connectivity index (χ0n) is 15.0. The summed E-state index contributed by atoms with van der Waals surface area (Å²) in [6.07, 6.45) is 0.128. The van der Waals surface area contributed by atoms with Crippen molar-refractivity contribution in [2.75, 3.05) is 6.61 Å². The topological polar surface area (TPSA) is 104 Å². The van der Waals surface area contributed by atoms with Crippen molar-refractivity contribution in [3.8, 4) is 5.75 Å². The fraction of sp³-hybridized carbons (Fsp3) is 0.316. The third-order valence-electron chi connectivity index (χ3n) is 3.64. The molecular formula is C19H21N2O5-. The molecule has 0 spiro atoms. The summed E-state index contributed by atoms with van der Waals surface area (Å²) in [7, 11) is 0. The van der Waals surface area contributed by atoms with Crippen molar-refractivity contribution < 1.29 is 23.8 Å². The molecule has 0 bridgehead atoms. The van der Waals surface area contributed by atoms with Gasteiger partial charge in [0.2, 0.25) is 0 Å². The van der Waals surface area contributed by atoms with E-state index in [2.05, 4.69) is 10.5 Å². The number of hydrogen-bond acceptors (Lipinski definition) is 6. The lowest BCUT2D eigenvalue weighted by Crippen LogP contribution is -2.25. The van der Waals surface area contributed by atoms with Gasteiger partial charge in [0.15, 0.2) is 6.61 Å². The van der Waals surface area contributed by atoms with Crippen LogP contribution in [0, 0.1) is 13.8 Å². The van der Waals surface area contributed by atoms with E-state index in [1.165, 1.54) is 0 Å². The molecule has 1 amide bonds. The van der Waals surface area contributed by atoms with Crippen molar-refractivity contribution >= 4 is 17.6 Å². The lowest BCUT2D eigenvalue weighted by Gasteiger charge is -2.06. The molecule has 0 saturated carbocycles. The summed E-state index contributed by atoms with van der Waals surface area (Å²) in [5.74, 6) is 0.232. The van der Waals surface area contributed by atoms with E-state index < -0.39 is 5.97 Å². The second-order valence-electron chi connectivity index (χ2n) is 5.89. The van der Waals surface area contributed by atoms with Crippen molar-refractivity contribution in [1.29, 1.82) is 0 Å². The van der Waals surface area contributed by atoms with Crippen molar-refractivity contribution in [2.24, 2.45) is 5.10 Å². The minimum atomic E-state index is -1.13. The molecule has 1 heterocycles. The largest absolute Gasteiger partial charge is 0.550 e. The summed E-state index contributed by atoms with van der Waals surface area (Å²) in [4.78, 5) is 22.4. The van der Waals surface area contributed by atoms with Crippen LogP contribution < -0.4 is 15.3 Å². The molecule has 7 heteroatoms. The van der Waals surface area contributed by atoms with Gasteiger partial charge in [0.25, 0.3) is 5.91 Å². The lowest BCUT2D eigenvalue weighted by molar-refractivity contribution is -0.305. The molecule has 1 N–H and O–H groups in total. The number of carbonyl (C=O) groups excluding carboxylic acids is 2. The Kier molecular flexibility index (Phi) is 6.54. The Morgan fingerprint density at radius 2 is 2.04 bits per heavy atom. The third-order valence-corrected chi connectivity index (χ3v) is 3.64. The maximum absolute atomic E-state index is 11.9. The Morgan fingerprint density at radius 3 is 2.73 bits per heavy atom. The van der Waals surface area contributed by atoms with Gasteiger partial charge in [-0.1, -0.05) is 12.1 Å². The van der Waals surface area contributed by atoms with Crippen LogP contribution in [0.15, 0.2) is 39.9 Å². The first kappa shape index (κ1) is 19.2. The first-order valence-electron chi connectivity index (χ1n) is 8.17. The Hall–Kier alpha value is -3.09. The average Bonchev–Trinajstić information content (AvgIpc) is 2.97. The number of rotatable bonds is 8. The summed E-state index contributed by atoms with van der Waals surface area (Å²) in [5, 5.41) is 14.6. The van der Waals surface area contributed by atoms with Crippen LogP contribution in [0.2, 0.25) is 0 Å². The number of amides is 1. The van der Waals surface area contributed by atoms with E-state index in [4.69, 9.17) is 9.15 Å². The molecule has 26 heavy (non-hydrogen) atoms. The number of ether oxygens (including phenoxy) is 1. The van der Waals surface area contributed by atoms with E-state index in [-0.39, 0.29) is 25.4 Å². The molecule has 0 aliphatic rings. The normalized spacial score (nSPS) is 11.3. The molecule has 0 saturated heterocycles. The summed E-state index contributed by atoms with van der Waals surface area (Å²) in [6.45, 7) is 5.26. The zero-order valence-corrected chi connectivity index (χ0v) is 15.0. The van der Waals surface area contributed by atoms with Gasteiger partial charge in [-0.3, -0.25) is 4.79 Å². The molecule has 0 radical (unpaired) electrons. The van der Waals surface area contributed by atoms with Gasteiger partial charge in [0, 0.05) is 18.0 Å². The summed E-state index contributed by atoms with van der Waals surface area (Å²) in [5.41, 5.74) is 4.73. The Morgan fingerprint density at radius 1 is 1.27 bits per heavy atom. The molecule has 2 aromatic rings. The van der Waals surface area contributed by atoms with Gasteiger partial charge in [0.1, 0.15) is 17.3 Å². The molecule has 0 unspecified atom stereocenters. The molecule has 0 atom stereocenters. The quantitative estimate of drug-likeness (QED) is 0.569. The number of hydrogen-bond donors (Lipinski definition) is 1. The monoisotopic (exact) mass is 357 g/mol. The second kappa shape index (κ2) is 8.84. The Labute approximate surface area is 151 Å². The van der Waals surface area contributed by atoms with Crippen LogP contribution in [0.4, 0.5) is 0 Å². The summed E-state index contributed by atoms with van der Waals surface area (Å²) >= 11 is 0. The SMILES string of the molecule is C/C(=N/NC(=O)COc1cccc(C)c1)c1cc(CCC(=O)[O-])oc1C. The Balaban J connectivity index is 1.90. The van der Waals surface area contributed by atoms with E-state index >= 15 is 0 Å². The first-order valence-corrected chi connectivity index (χ1v) is 8.17. The molecule has 0 fully saturated rings. The number of carboxylic acid groups (broad SMARTS) is 1. The van der Waals surface area contributed by atoms with Crippen molar-refractivity contribution in [3.05, 3.63) is 53.0 Å². The number of benzene rings is 1. The second-order valence-corrected chi connectivity index (χ2v) is 5.89. The maximum Gasteiger partial charge on any atom is 0.277 e. The molecular weight excluding hydrogens is 336 g/mol. The van der Waals surface area contributed by atoms with E-state index in [1.54, 1.807) is 26.0 Å². The van der Waals surface area contributed by atoms with Crippen LogP contribution in [0.5, 0.6) is 5.75 Å². The molecule has 2 rings (SSSR count). The maximum atomic E-state index is 11.9. The number of hydrazone groups is 1. The van der Waals surface area contributed by atoms with Crippen LogP contribution in [-0.4, -0.2) is 24.2 Å². The van der Waals surface area contributed by atoms with E-state index in [9.17, 15) is 14.7 Å². The van der Waals surface area contributed by atoms with Gasteiger partial charge >= 0.3 is 0 Å². The molecule has 7 nitrogen and oxygen atoms in total. The zero-order chi connectivity index (χ0) is 19.1. The highest BCUT2D eigenvalue weighted by molar-refractivity contribution is 6.00. The molecule has 0 aliphatic heterocycles. The highest BCUT2D eigenvalue weighted by Gasteiger charge is 2.11. The van der Waals surface area contributed by atoms with Crippen molar-refractivity contribution in [3.63, 3.8) is 0 Å². The van der Waals surface area contributed by atoms with Gasteiger partial charge in [-0.25, -0.2) is 5.43 Å². The number of aliphatic carboxylic acids is 1. The van der Waals surface area contributed by atoms with E-state index in [0.29, 0.717) is 28.5 Å². The van der Waals surface area contributed by atoms with Crippen LogP contribution in [-0.2, 0) is 16.0 Å². The van der Waals surface area contributed by atoms with Gasteiger partial charge < -0.3 is 19.1 Å². The van der Waals surface area contributed by atoms with Crippen LogP contribution in [0.25, 0.3) is 0 Å². The standard InChI is InChI=1S/C19H22N2O5/c1-12-5-4-6-15(9-12)25-11-18(22)21-20-13(2)17-10-16(26-14(17)3)7-8-19(23)24/h4-6,9-10H,7-8,11H2,1-3H3,(H,21,22)(H,23,24)/p-1/b20-13-. The predicted octanol–water partition coefficient (Wildman–Crippen LogP) is 1.50. The van der Waals surface area contributed by atoms with Crippen molar-refractivity contribution in [1.82, 2.24) is 5.43 Å². The highest BCUT2D eigenvalue weighted by Crippen LogP contribution is 2.17. The van der Waals surface area contributed by atoms with Gasteiger partial charge in [-0.05, 0) is 51.0 Å². The van der Waals surface area contributed by atoms with E-state index in [1.807, 2.05) is 25.1 Å². The first-order chi connectivity index (χ1) is 12.3. The van der Waals surface area contributed by atoms with Gasteiger partial charge in [-0.2, -0.15) is 5.10 Å². The highest BCUT2D eigenvalue weighted by atomic mass is 16.5. The molecule has 1 aromatic carbocycles. The minimum absolute atomic E-state index is 0.115. The average molecular weight is 357 g/mol. The number of nitrogens with zero attached hydrogens (tertiary/aromatic N) is 1. The summed E-state index contributed by atoms with van der Waals surface area (Å²) < 4.78 is 10.9. The predicted molar refractivity (Wildman–Crippen MR) is 93.8 cm³/mol. The van der Waals surface area contributed by atoms with Crippen LogP contribution in [0.3, 0.4) is 0 Å². The van der Waals surface area contributed by atoms with Crippen LogP contribution in [0.1, 0.15) is 36.0 Å². The van der Waals surface area contributed by atoms with Crippen LogP contribution >= 0.6 is 0 Å². The minimum Gasteiger partial charge on any atom is -0.550 e. The Bertz CT molecular complexity index is 823. The van der Waals surface area contributed by atoms with Gasteiger partial charge in [-0.15, -0.1) is 0 Å². The van der Waals surface area contributed by atoms with E-state index in [0.717, 1.165) is 5.56 Å². The number of aryl methyl sites for hydroxylation is 3. The van der Waals surface area contributed by atoms with Gasteiger partial charge in [0.05, 0.1) is 5.71 Å². The fourth-order valence-corrected chi connectivity index (χ4v) is 2.34. The number of carboxylic acids is 1. The molecule has 1 aromatic heterocycles. The number of nitrogens with one attached hydrogen (secondary N) is 1. The smallest absolute Gasteiger partial charge is 0.277 e. The number of furan rings is 1. The summed E-state index contributed by atoms with van der Waals surface area (Å²) in [6, 6.07) is 9.12. The lowest BCUT2D eigenvalue weighted by atomic mass is 10.1. The third kappa shape index (κ3) is 5.77. The molecule has 138 valence electrons. The molecule has 0 aliphatic carbocycles. The van der Waals surface area contributed by atoms with Crippen molar-refractivity contribution in [2.45, 2.75) is 33.6 Å². The number of carbonyl (C=O) groups is 2. The fourth-order valence-electron chi connectivity index (χ4n) is 2.34.